The Hall–Kier alpha value is -1.43. The molecule has 2 fully saturated rings. The summed E-state index contributed by atoms with van der Waals surface area (Å²) in [6.45, 7) is 1.34. The Morgan fingerprint density at radius 3 is 2.92 bits per heavy atom. The number of nitrogens with zero attached hydrogens (tertiary/aromatic N) is 2. The fourth-order valence-electron chi connectivity index (χ4n) is 4.18. The Labute approximate surface area is 162 Å². The number of thiazole rings is 1. The van der Waals surface area contributed by atoms with Crippen LogP contribution in [0.5, 0.6) is 0 Å². The van der Waals surface area contributed by atoms with Crippen molar-refractivity contribution in [3.05, 3.63) is 40.4 Å². The summed E-state index contributed by atoms with van der Waals surface area (Å²) in [5.74, 6) is 0.347. The first kappa shape index (κ1) is 18.0. The third-order valence-corrected chi connectivity index (χ3v) is 6.95. The number of carbonyl (C=O) groups is 1. The molecule has 1 aromatic heterocycles. The first-order valence-electron chi connectivity index (χ1n) is 9.24. The molecule has 1 aliphatic heterocycles. The fraction of sp³-hybridized carbons (Fsp3) is 0.500. The number of aliphatic hydroxyl groups is 1. The van der Waals surface area contributed by atoms with Crippen LogP contribution in [0.2, 0.25) is 5.02 Å². The van der Waals surface area contributed by atoms with Gasteiger partial charge < -0.3 is 10.0 Å². The Balaban J connectivity index is 1.40. The summed E-state index contributed by atoms with van der Waals surface area (Å²) in [6, 6.07) is 7.59. The van der Waals surface area contributed by atoms with Crippen molar-refractivity contribution in [2.24, 2.45) is 5.92 Å². The average molecular weight is 391 g/mol. The first-order valence-corrected chi connectivity index (χ1v) is 10.5. The number of fused-ring (bicyclic) bond motifs is 1. The van der Waals surface area contributed by atoms with E-state index in [1.165, 1.54) is 0 Å². The second-order valence-electron chi connectivity index (χ2n) is 7.46. The molecule has 0 spiro atoms. The number of halogens is 1. The summed E-state index contributed by atoms with van der Waals surface area (Å²) in [6.07, 6.45) is 5.21. The van der Waals surface area contributed by atoms with Gasteiger partial charge in [0.2, 0.25) is 5.91 Å². The van der Waals surface area contributed by atoms with Gasteiger partial charge >= 0.3 is 0 Å². The highest BCUT2D eigenvalue weighted by Gasteiger charge is 2.43. The Morgan fingerprint density at radius 2 is 2.12 bits per heavy atom. The molecule has 1 aliphatic carbocycles. The zero-order valence-electron chi connectivity index (χ0n) is 14.7. The number of piperidine rings is 1. The van der Waals surface area contributed by atoms with Gasteiger partial charge in [0.25, 0.3) is 0 Å². The molecule has 4 rings (SSSR count). The van der Waals surface area contributed by atoms with Crippen molar-refractivity contribution in [3.8, 4) is 10.6 Å². The van der Waals surface area contributed by atoms with Gasteiger partial charge in [0.15, 0.2) is 0 Å². The smallest absolute Gasteiger partial charge is 0.228 e. The number of likely N-dealkylation sites (tertiary alicyclic amines) is 1. The predicted octanol–water partition coefficient (Wildman–Crippen LogP) is 4.16. The van der Waals surface area contributed by atoms with Gasteiger partial charge in [0.05, 0.1) is 17.7 Å². The molecular weight excluding hydrogens is 368 g/mol. The number of rotatable bonds is 3. The van der Waals surface area contributed by atoms with Crippen molar-refractivity contribution in [2.75, 3.05) is 13.1 Å². The summed E-state index contributed by atoms with van der Waals surface area (Å²) < 4.78 is 0. The van der Waals surface area contributed by atoms with Crippen molar-refractivity contribution in [1.29, 1.82) is 0 Å². The van der Waals surface area contributed by atoms with Crippen molar-refractivity contribution in [3.63, 3.8) is 0 Å². The van der Waals surface area contributed by atoms with E-state index in [9.17, 15) is 9.90 Å². The molecule has 0 unspecified atom stereocenters. The molecule has 138 valence electrons. The average Bonchev–Trinajstić information content (AvgIpc) is 3.10. The molecule has 1 aromatic carbocycles. The Morgan fingerprint density at radius 1 is 1.31 bits per heavy atom. The minimum Gasteiger partial charge on any atom is -0.389 e. The van der Waals surface area contributed by atoms with Crippen LogP contribution in [0.1, 0.15) is 37.8 Å². The normalized spacial score (nSPS) is 25.8. The summed E-state index contributed by atoms with van der Waals surface area (Å²) in [5.41, 5.74) is 1.29. The topological polar surface area (TPSA) is 53.4 Å². The highest BCUT2D eigenvalue weighted by atomic mass is 35.5. The summed E-state index contributed by atoms with van der Waals surface area (Å²) >= 11 is 7.48. The molecular formula is C20H23ClN2O2S. The van der Waals surface area contributed by atoms with Crippen molar-refractivity contribution >= 4 is 28.8 Å². The van der Waals surface area contributed by atoms with Crippen LogP contribution in [-0.2, 0) is 11.2 Å². The number of carbonyl (C=O) groups excluding carboxylic acids is 1. The van der Waals surface area contributed by atoms with Gasteiger partial charge in [-0.15, -0.1) is 11.3 Å². The molecule has 0 radical (unpaired) electrons. The maximum atomic E-state index is 12.7. The van der Waals surface area contributed by atoms with Crippen LogP contribution in [-0.4, -0.2) is 39.6 Å². The molecule has 2 aliphatic rings. The van der Waals surface area contributed by atoms with Crippen LogP contribution in [0.4, 0.5) is 0 Å². The van der Waals surface area contributed by atoms with Gasteiger partial charge in [0.1, 0.15) is 5.01 Å². The number of hydrogen-bond donors (Lipinski definition) is 1. The maximum Gasteiger partial charge on any atom is 0.228 e. The van der Waals surface area contributed by atoms with E-state index in [2.05, 4.69) is 4.98 Å². The molecule has 26 heavy (non-hydrogen) atoms. The molecule has 6 heteroatoms. The number of benzene rings is 1. The molecule has 4 nitrogen and oxygen atoms in total. The highest BCUT2D eigenvalue weighted by molar-refractivity contribution is 7.13. The lowest BCUT2D eigenvalue weighted by atomic mass is 9.71. The quantitative estimate of drug-likeness (QED) is 0.856. The second-order valence-corrected chi connectivity index (χ2v) is 8.76. The minimum atomic E-state index is -0.544. The molecule has 1 saturated carbocycles. The van der Waals surface area contributed by atoms with Gasteiger partial charge in [-0.1, -0.05) is 36.6 Å². The van der Waals surface area contributed by atoms with Crippen LogP contribution >= 0.6 is 22.9 Å². The number of aromatic nitrogens is 1. The van der Waals surface area contributed by atoms with Crippen molar-refractivity contribution < 1.29 is 9.90 Å². The Kier molecular flexibility index (Phi) is 5.04. The SMILES string of the molecule is O=C(Cc1csc(-c2ccc(Cl)cc2)n1)N1CC[C@]2(O)CCCC[C@@H]2C1. The monoisotopic (exact) mass is 390 g/mol. The zero-order valence-corrected chi connectivity index (χ0v) is 16.2. The van der Waals surface area contributed by atoms with Crippen LogP contribution in [0, 0.1) is 5.92 Å². The van der Waals surface area contributed by atoms with Gasteiger partial charge in [-0.25, -0.2) is 4.98 Å². The third kappa shape index (κ3) is 3.66. The largest absolute Gasteiger partial charge is 0.389 e. The molecule has 1 saturated heterocycles. The number of hydrogen-bond acceptors (Lipinski definition) is 4. The van der Waals surface area contributed by atoms with Crippen LogP contribution in [0.25, 0.3) is 10.6 Å². The molecule has 0 bridgehead atoms. The van der Waals surface area contributed by atoms with Crippen LogP contribution in [0.3, 0.4) is 0 Å². The molecule has 1 N–H and O–H groups in total. The van der Waals surface area contributed by atoms with E-state index in [1.807, 2.05) is 34.5 Å². The minimum absolute atomic E-state index is 0.116. The lowest BCUT2D eigenvalue weighted by molar-refractivity contribution is -0.142. The van der Waals surface area contributed by atoms with E-state index in [0.29, 0.717) is 31.0 Å². The van der Waals surface area contributed by atoms with E-state index in [0.717, 1.165) is 41.9 Å². The molecule has 1 amide bonds. The lowest BCUT2D eigenvalue weighted by Gasteiger charge is -2.47. The van der Waals surface area contributed by atoms with Crippen molar-refractivity contribution in [2.45, 2.75) is 44.1 Å². The van der Waals surface area contributed by atoms with Gasteiger partial charge in [0, 0.05) is 35.0 Å². The molecule has 2 aromatic rings. The summed E-state index contributed by atoms with van der Waals surface area (Å²) in [7, 11) is 0. The molecule has 2 atom stereocenters. The second kappa shape index (κ2) is 7.29. The van der Waals surface area contributed by atoms with E-state index < -0.39 is 5.60 Å². The van der Waals surface area contributed by atoms with E-state index in [-0.39, 0.29) is 11.8 Å². The number of amides is 1. The summed E-state index contributed by atoms with van der Waals surface area (Å²) in [5, 5.41) is 14.3. The van der Waals surface area contributed by atoms with Crippen LogP contribution in [0.15, 0.2) is 29.6 Å². The van der Waals surface area contributed by atoms with Crippen molar-refractivity contribution in [1.82, 2.24) is 9.88 Å². The maximum absolute atomic E-state index is 12.7. The van der Waals surface area contributed by atoms with E-state index >= 15 is 0 Å². The standard InChI is InChI=1S/C20H23ClN2O2S/c21-16-6-4-14(5-7-16)19-22-17(13-26-19)11-18(24)23-10-9-20(25)8-2-1-3-15(20)12-23/h4-7,13,15,25H,1-3,8-12H2/t15-,20-/m1/s1. The van der Waals surface area contributed by atoms with E-state index in [1.54, 1.807) is 11.3 Å². The fourth-order valence-corrected chi connectivity index (χ4v) is 5.13. The first-order chi connectivity index (χ1) is 12.5. The third-order valence-electron chi connectivity index (χ3n) is 5.76. The Bertz CT molecular complexity index is 791. The van der Waals surface area contributed by atoms with Gasteiger partial charge in [-0.2, -0.15) is 0 Å². The zero-order chi connectivity index (χ0) is 18.1. The van der Waals surface area contributed by atoms with Crippen LogP contribution < -0.4 is 0 Å². The summed E-state index contributed by atoms with van der Waals surface area (Å²) in [4.78, 5) is 19.3. The lowest BCUT2D eigenvalue weighted by Crippen LogP contribution is -2.54. The highest BCUT2D eigenvalue weighted by Crippen LogP contribution is 2.39. The predicted molar refractivity (Wildman–Crippen MR) is 104 cm³/mol. The van der Waals surface area contributed by atoms with Gasteiger partial charge in [-0.3, -0.25) is 4.79 Å². The van der Waals surface area contributed by atoms with Gasteiger partial charge in [-0.05, 0) is 31.4 Å². The molecule has 2 heterocycles. The van der Waals surface area contributed by atoms with E-state index in [4.69, 9.17) is 11.6 Å².